The standard InChI is InChI=1S/C40H67N5O7S/c1-8-15-29(31(46)34(48)41-26-16-17-26)42-33(47)30-27-18-23-38(5,6)28(27)24-45(30)35(49)32(39(7)19-11-9-12-20-39)43-36(50)44-40(21-13-10-14-22-40)25-53(51,52)37(2,3)4/h26-30,32H,8-25H2,1-7H3,(H,41,48)(H,42,47)(H2,43,44,50)/t27-,28-,29?,30-,32+/m0/s1. The maximum atomic E-state index is 15.1. The van der Waals surface area contributed by atoms with Gasteiger partial charge in [-0.1, -0.05) is 72.6 Å². The van der Waals surface area contributed by atoms with Crippen molar-refractivity contribution in [2.45, 2.75) is 186 Å². The van der Waals surface area contributed by atoms with Crippen LogP contribution in [0.1, 0.15) is 151 Å². The minimum Gasteiger partial charge on any atom is -0.347 e. The van der Waals surface area contributed by atoms with Gasteiger partial charge in [0, 0.05) is 12.6 Å². The van der Waals surface area contributed by atoms with Gasteiger partial charge in [0.1, 0.15) is 12.1 Å². The molecule has 0 aromatic rings. The average molecular weight is 762 g/mol. The Morgan fingerprint density at radius 3 is 2.00 bits per heavy atom. The van der Waals surface area contributed by atoms with E-state index in [0.29, 0.717) is 32.2 Å². The Morgan fingerprint density at radius 2 is 1.43 bits per heavy atom. The fourth-order valence-corrected chi connectivity index (χ4v) is 11.2. The molecule has 4 N–H and O–H groups in total. The Morgan fingerprint density at radius 1 is 0.830 bits per heavy atom. The van der Waals surface area contributed by atoms with E-state index in [4.69, 9.17) is 0 Å². The van der Waals surface area contributed by atoms with E-state index in [1.165, 1.54) is 0 Å². The molecule has 5 rings (SSSR count). The highest BCUT2D eigenvalue weighted by Crippen LogP contribution is 2.53. The van der Waals surface area contributed by atoms with Crippen LogP contribution >= 0.6 is 0 Å². The zero-order valence-corrected chi connectivity index (χ0v) is 34.2. The molecule has 5 aliphatic rings. The van der Waals surface area contributed by atoms with Gasteiger partial charge in [-0.3, -0.25) is 19.2 Å². The predicted molar refractivity (Wildman–Crippen MR) is 205 cm³/mol. The number of urea groups is 1. The first-order chi connectivity index (χ1) is 24.7. The normalized spacial score (nSPS) is 27.5. The van der Waals surface area contributed by atoms with Crippen molar-refractivity contribution in [2.24, 2.45) is 22.7 Å². The molecule has 1 aliphatic heterocycles. The van der Waals surface area contributed by atoms with Gasteiger partial charge in [0.05, 0.1) is 22.1 Å². The predicted octanol–water partition coefficient (Wildman–Crippen LogP) is 4.94. The van der Waals surface area contributed by atoms with Crippen molar-refractivity contribution < 1.29 is 32.4 Å². The molecule has 0 aromatic heterocycles. The number of carbonyl (C=O) groups is 5. The number of amides is 5. The molecule has 5 amide bonds. The summed E-state index contributed by atoms with van der Waals surface area (Å²) in [6, 6.07) is -3.35. The Kier molecular flexibility index (Phi) is 12.4. The summed E-state index contributed by atoms with van der Waals surface area (Å²) < 4.78 is 26.0. The summed E-state index contributed by atoms with van der Waals surface area (Å²) in [5.41, 5.74) is -1.65. The van der Waals surface area contributed by atoms with Crippen LogP contribution in [0.5, 0.6) is 0 Å². The first kappa shape index (κ1) is 41.5. The highest BCUT2D eigenvalue weighted by Gasteiger charge is 2.58. The van der Waals surface area contributed by atoms with Crippen molar-refractivity contribution in [1.82, 2.24) is 26.2 Å². The summed E-state index contributed by atoms with van der Waals surface area (Å²) in [6.07, 6.45) is 12.1. The third kappa shape index (κ3) is 9.23. The average Bonchev–Trinajstić information content (AvgIpc) is 3.72. The van der Waals surface area contributed by atoms with E-state index in [1.807, 2.05) is 13.8 Å². The van der Waals surface area contributed by atoms with Gasteiger partial charge in [-0.05, 0) is 101 Å². The van der Waals surface area contributed by atoms with Crippen LogP contribution in [0.15, 0.2) is 0 Å². The zero-order valence-electron chi connectivity index (χ0n) is 33.4. The quantitative estimate of drug-likeness (QED) is 0.193. The first-order valence-corrected chi connectivity index (χ1v) is 22.1. The second-order valence-electron chi connectivity index (χ2n) is 19.2. The number of hydrogen-bond acceptors (Lipinski definition) is 7. The smallest absolute Gasteiger partial charge is 0.315 e. The summed E-state index contributed by atoms with van der Waals surface area (Å²) in [4.78, 5) is 71.5. The fraction of sp³-hybridized carbons (Fsp3) is 0.875. The van der Waals surface area contributed by atoms with Crippen LogP contribution in [0.2, 0.25) is 0 Å². The lowest BCUT2D eigenvalue weighted by Gasteiger charge is -2.44. The second-order valence-corrected chi connectivity index (χ2v) is 21.9. The van der Waals surface area contributed by atoms with Crippen LogP contribution in [0.4, 0.5) is 4.79 Å². The minimum atomic E-state index is -3.57. The molecule has 0 bridgehead atoms. The first-order valence-electron chi connectivity index (χ1n) is 20.5. The molecular weight excluding hydrogens is 695 g/mol. The number of fused-ring (bicyclic) bond motifs is 1. The van der Waals surface area contributed by atoms with Gasteiger partial charge in [0.2, 0.25) is 17.6 Å². The van der Waals surface area contributed by atoms with Crippen LogP contribution in [-0.2, 0) is 29.0 Å². The summed E-state index contributed by atoms with van der Waals surface area (Å²) in [5, 5.41) is 11.9. The lowest BCUT2D eigenvalue weighted by Crippen LogP contribution is -2.64. The van der Waals surface area contributed by atoms with Crippen LogP contribution in [0, 0.1) is 22.7 Å². The van der Waals surface area contributed by atoms with Crippen LogP contribution in [0.25, 0.3) is 0 Å². The Labute approximate surface area is 317 Å². The molecule has 1 unspecified atom stereocenters. The Balaban J connectivity index is 1.43. The second kappa shape index (κ2) is 15.8. The fourth-order valence-electron chi connectivity index (χ4n) is 9.71. The van der Waals surface area contributed by atoms with E-state index in [9.17, 15) is 27.6 Å². The largest absolute Gasteiger partial charge is 0.347 e. The molecule has 0 radical (unpaired) electrons. The third-order valence-electron chi connectivity index (χ3n) is 13.5. The number of likely N-dealkylation sites (tertiary alicyclic amines) is 1. The monoisotopic (exact) mass is 761 g/mol. The number of carbonyl (C=O) groups excluding carboxylic acids is 5. The molecule has 12 nitrogen and oxygen atoms in total. The maximum Gasteiger partial charge on any atom is 0.315 e. The van der Waals surface area contributed by atoms with Gasteiger partial charge in [0.25, 0.3) is 5.91 Å². The molecule has 1 saturated heterocycles. The van der Waals surface area contributed by atoms with Crippen molar-refractivity contribution in [2.75, 3.05) is 12.3 Å². The van der Waals surface area contributed by atoms with E-state index in [0.717, 1.165) is 77.0 Å². The van der Waals surface area contributed by atoms with Crippen molar-refractivity contribution in [3.63, 3.8) is 0 Å². The van der Waals surface area contributed by atoms with Crippen molar-refractivity contribution >= 4 is 39.4 Å². The molecule has 1 heterocycles. The number of Topliss-reactive ketones (excluding diaryl/α,β-unsaturated/α-hetero) is 1. The van der Waals surface area contributed by atoms with Crippen LogP contribution < -0.4 is 21.3 Å². The Hall–Kier alpha value is -2.70. The molecule has 4 aliphatic carbocycles. The number of ketones is 1. The molecule has 5 fully saturated rings. The van der Waals surface area contributed by atoms with Gasteiger partial charge in [0.15, 0.2) is 9.84 Å². The number of nitrogens with one attached hydrogen (secondary N) is 4. The van der Waals surface area contributed by atoms with Gasteiger partial charge in [-0.15, -0.1) is 0 Å². The van der Waals surface area contributed by atoms with E-state index < -0.39 is 67.3 Å². The molecule has 13 heteroatoms. The minimum absolute atomic E-state index is 0.00696. The van der Waals surface area contributed by atoms with Gasteiger partial charge >= 0.3 is 6.03 Å². The molecular formula is C40H67N5O7S. The van der Waals surface area contributed by atoms with Gasteiger partial charge in [-0.25, -0.2) is 13.2 Å². The van der Waals surface area contributed by atoms with Crippen molar-refractivity contribution in [3.05, 3.63) is 0 Å². The number of sulfone groups is 1. The highest BCUT2D eigenvalue weighted by atomic mass is 32.2. The maximum absolute atomic E-state index is 15.1. The van der Waals surface area contributed by atoms with Gasteiger partial charge < -0.3 is 26.2 Å². The summed E-state index contributed by atoms with van der Waals surface area (Å²) in [7, 11) is -3.57. The topological polar surface area (TPSA) is 171 Å². The lowest BCUT2D eigenvalue weighted by molar-refractivity contribution is -0.145. The summed E-state index contributed by atoms with van der Waals surface area (Å²) in [5.74, 6) is -2.36. The number of nitrogens with zero attached hydrogens (tertiary/aromatic N) is 1. The molecule has 300 valence electrons. The zero-order chi connectivity index (χ0) is 39.0. The summed E-state index contributed by atoms with van der Waals surface area (Å²) in [6.45, 7) is 13.7. The molecule has 0 spiro atoms. The molecule has 53 heavy (non-hydrogen) atoms. The molecule has 5 atom stereocenters. The summed E-state index contributed by atoms with van der Waals surface area (Å²) >= 11 is 0. The Bertz CT molecular complexity index is 1500. The molecule has 4 saturated carbocycles. The van der Waals surface area contributed by atoms with Crippen LogP contribution in [-0.4, -0.2) is 89.6 Å². The van der Waals surface area contributed by atoms with E-state index in [1.54, 1.807) is 25.7 Å². The SMILES string of the molecule is CCCC(NC(=O)[C@@H]1[C@H]2CCC(C)(C)[C@H]2CN1C(=O)[C@@H](NC(=O)NC1(CS(=O)(=O)C(C)(C)C)CCCCC1)C1(C)CCCCC1)C(=O)C(=O)NC1CC1. The van der Waals surface area contributed by atoms with Crippen molar-refractivity contribution in [1.29, 1.82) is 0 Å². The van der Waals surface area contributed by atoms with E-state index in [2.05, 4.69) is 35.1 Å². The molecule has 0 aromatic carbocycles. The van der Waals surface area contributed by atoms with E-state index >= 15 is 4.79 Å². The van der Waals surface area contributed by atoms with Gasteiger partial charge in [-0.2, -0.15) is 0 Å². The number of rotatable bonds is 13. The number of hydrogen-bond donors (Lipinski definition) is 4. The van der Waals surface area contributed by atoms with E-state index in [-0.39, 0.29) is 35.0 Å². The van der Waals surface area contributed by atoms with Crippen LogP contribution in [0.3, 0.4) is 0 Å². The highest BCUT2D eigenvalue weighted by molar-refractivity contribution is 7.92. The third-order valence-corrected chi connectivity index (χ3v) is 16.3. The van der Waals surface area contributed by atoms with Crippen molar-refractivity contribution in [3.8, 4) is 0 Å². The lowest BCUT2D eigenvalue weighted by atomic mass is 9.70.